The minimum absolute atomic E-state index is 0.0296. The zero-order valence-corrected chi connectivity index (χ0v) is 22.0. The predicted molar refractivity (Wildman–Crippen MR) is 149 cm³/mol. The first kappa shape index (κ1) is 25.7. The van der Waals surface area contributed by atoms with E-state index in [4.69, 9.17) is 9.47 Å². The van der Waals surface area contributed by atoms with Crippen LogP contribution >= 0.6 is 0 Å². The van der Waals surface area contributed by atoms with Crippen molar-refractivity contribution >= 4 is 11.9 Å². The topological polar surface area (TPSA) is 52.6 Å². The molecule has 2 aliphatic carbocycles. The van der Waals surface area contributed by atoms with E-state index < -0.39 is 24.1 Å². The number of carbonyl (C=O) groups excluding carboxylic acids is 2. The third kappa shape index (κ3) is 5.35. The molecule has 0 radical (unpaired) electrons. The van der Waals surface area contributed by atoms with Gasteiger partial charge in [0.25, 0.3) is 0 Å². The van der Waals surface area contributed by atoms with Gasteiger partial charge in [-0.25, -0.2) is 9.59 Å². The maximum Gasteiger partial charge on any atom is 0.338 e. The second-order valence-electron chi connectivity index (χ2n) is 10.2. The molecule has 2 aliphatic rings. The van der Waals surface area contributed by atoms with Gasteiger partial charge in [-0.2, -0.15) is 0 Å². The van der Waals surface area contributed by atoms with Crippen LogP contribution in [0.25, 0.3) is 0 Å². The smallest absolute Gasteiger partial charge is 0.338 e. The van der Waals surface area contributed by atoms with E-state index in [0.717, 1.165) is 30.4 Å². The van der Waals surface area contributed by atoms with E-state index in [1.54, 1.807) is 24.3 Å². The SMILES string of the molecule is CCCCC1=CC([C@H]2c3ccccc3[C@H](C)C(OC(=O)c3ccccc3)C2OC(=O)c2ccccc2)C=C1. The number of carbonyl (C=O) groups is 2. The van der Waals surface area contributed by atoms with Crippen molar-refractivity contribution in [3.8, 4) is 0 Å². The van der Waals surface area contributed by atoms with E-state index in [9.17, 15) is 9.59 Å². The molecule has 3 aromatic carbocycles. The molecule has 4 nitrogen and oxygen atoms in total. The predicted octanol–water partition coefficient (Wildman–Crippen LogP) is 7.64. The first-order valence-corrected chi connectivity index (χ1v) is 13.6. The number of benzene rings is 3. The highest BCUT2D eigenvalue weighted by atomic mass is 16.6. The maximum atomic E-state index is 13.4. The molecule has 5 rings (SSSR count). The van der Waals surface area contributed by atoms with Crippen LogP contribution < -0.4 is 0 Å². The van der Waals surface area contributed by atoms with Gasteiger partial charge in [0.1, 0.15) is 12.2 Å². The highest BCUT2D eigenvalue weighted by molar-refractivity contribution is 5.90. The summed E-state index contributed by atoms with van der Waals surface area (Å²) in [6.07, 6.45) is 8.69. The van der Waals surface area contributed by atoms with Crippen molar-refractivity contribution in [2.24, 2.45) is 5.92 Å². The van der Waals surface area contributed by atoms with E-state index in [0.29, 0.717) is 11.1 Å². The van der Waals surface area contributed by atoms with Gasteiger partial charge >= 0.3 is 11.9 Å². The van der Waals surface area contributed by atoms with Gasteiger partial charge in [-0.05, 0) is 48.2 Å². The molecule has 0 heterocycles. The van der Waals surface area contributed by atoms with Gasteiger partial charge in [0, 0.05) is 17.8 Å². The van der Waals surface area contributed by atoms with Crippen LogP contribution in [0.5, 0.6) is 0 Å². The Labute approximate surface area is 225 Å². The molecule has 38 heavy (non-hydrogen) atoms. The summed E-state index contributed by atoms with van der Waals surface area (Å²) in [5, 5.41) is 0. The van der Waals surface area contributed by atoms with Gasteiger partial charge in [0.05, 0.1) is 11.1 Å². The Balaban J connectivity index is 1.55. The summed E-state index contributed by atoms with van der Waals surface area (Å²) in [5.41, 5.74) is 4.52. The summed E-state index contributed by atoms with van der Waals surface area (Å²) >= 11 is 0. The van der Waals surface area contributed by atoms with Crippen molar-refractivity contribution in [2.45, 2.75) is 57.2 Å². The first-order chi connectivity index (χ1) is 18.6. The molecule has 3 unspecified atom stereocenters. The maximum absolute atomic E-state index is 13.4. The van der Waals surface area contributed by atoms with Gasteiger partial charge in [-0.3, -0.25) is 0 Å². The van der Waals surface area contributed by atoms with E-state index in [1.165, 1.54) is 5.57 Å². The Morgan fingerprint density at radius 2 is 1.29 bits per heavy atom. The Morgan fingerprint density at radius 3 is 1.89 bits per heavy atom. The van der Waals surface area contributed by atoms with E-state index in [-0.39, 0.29) is 17.8 Å². The number of allylic oxidation sites excluding steroid dienone is 4. The highest BCUT2D eigenvalue weighted by Gasteiger charge is 2.48. The van der Waals surface area contributed by atoms with E-state index >= 15 is 0 Å². The largest absolute Gasteiger partial charge is 0.454 e. The molecule has 194 valence electrons. The van der Waals surface area contributed by atoms with Crippen molar-refractivity contribution in [1.82, 2.24) is 0 Å². The zero-order chi connectivity index (χ0) is 26.5. The Hall–Kier alpha value is -3.92. The monoisotopic (exact) mass is 506 g/mol. The molecule has 0 saturated heterocycles. The molecule has 0 aromatic heterocycles. The summed E-state index contributed by atoms with van der Waals surface area (Å²) in [6.45, 7) is 4.24. The van der Waals surface area contributed by atoms with Crippen LogP contribution in [0.2, 0.25) is 0 Å². The number of hydrogen-bond donors (Lipinski definition) is 0. The lowest BCUT2D eigenvalue weighted by Gasteiger charge is -2.43. The van der Waals surface area contributed by atoms with Crippen molar-refractivity contribution in [1.29, 1.82) is 0 Å². The third-order valence-electron chi connectivity index (χ3n) is 7.69. The summed E-state index contributed by atoms with van der Waals surface area (Å²) in [7, 11) is 0. The lowest BCUT2D eigenvalue weighted by molar-refractivity contribution is -0.0603. The van der Waals surface area contributed by atoms with Gasteiger partial charge in [0.2, 0.25) is 0 Å². The normalized spacial score (nSPS) is 23.8. The van der Waals surface area contributed by atoms with Gasteiger partial charge in [0.15, 0.2) is 0 Å². The number of rotatable bonds is 8. The van der Waals surface area contributed by atoms with Crippen LogP contribution in [0.1, 0.15) is 76.8 Å². The van der Waals surface area contributed by atoms with E-state index in [1.807, 2.05) is 55.5 Å². The second-order valence-corrected chi connectivity index (χ2v) is 10.2. The minimum atomic E-state index is -0.656. The quantitative estimate of drug-likeness (QED) is 0.295. The molecule has 0 spiro atoms. The molecule has 0 amide bonds. The van der Waals surface area contributed by atoms with Crippen molar-refractivity contribution in [2.75, 3.05) is 0 Å². The van der Waals surface area contributed by atoms with Crippen LogP contribution in [0.3, 0.4) is 0 Å². The summed E-state index contributed by atoms with van der Waals surface area (Å²) in [6, 6.07) is 26.3. The molecular weight excluding hydrogens is 472 g/mol. The highest BCUT2D eigenvalue weighted by Crippen LogP contribution is 2.48. The average molecular weight is 507 g/mol. The van der Waals surface area contributed by atoms with Crippen LogP contribution in [0.4, 0.5) is 0 Å². The average Bonchev–Trinajstić information content (AvgIpc) is 3.43. The fourth-order valence-electron chi connectivity index (χ4n) is 5.70. The lowest BCUT2D eigenvalue weighted by atomic mass is 9.69. The fraction of sp³-hybridized carbons (Fsp3) is 0.294. The number of ether oxygens (including phenoxy) is 2. The van der Waals surface area contributed by atoms with Gasteiger partial charge in [-0.1, -0.05) is 105 Å². The van der Waals surface area contributed by atoms with Crippen LogP contribution in [-0.4, -0.2) is 24.1 Å². The molecule has 0 bridgehead atoms. The van der Waals surface area contributed by atoms with Gasteiger partial charge in [-0.15, -0.1) is 0 Å². The Morgan fingerprint density at radius 1 is 0.737 bits per heavy atom. The number of esters is 2. The minimum Gasteiger partial charge on any atom is -0.454 e. The molecule has 0 N–H and O–H groups in total. The standard InChI is InChI=1S/C34H34O4/c1-3-4-13-24-20-21-27(22-24)30-29-19-12-11-18-28(29)23(2)31(37-33(35)25-14-7-5-8-15-25)32(30)38-34(36)26-16-9-6-10-17-26/h5-12,14-23,27,30-32H,3-4,13H2,1-2H3/t23-,27?,30-,31?,32?/m0/s1. The van der Waals surface area contributed by atoms with Crippen LogP contribution in [0, 0.1) is 5.92 Å². The number of unbranched alkanes of at least 4 members (excludes halogenated alkanes) is 1. The van der Waals surface area contributed by atoms with Crippen molar-refractivity contribution < 1.29 is 19.1 Å². The third-order valence-corrected chi connectivity index (χ3v) is 7.69. The summed E-state index contributed by atoms with van der Waals surface area (Å²) < 4.78 is 12.5. The van der Waals surface area contributed by atoms with Gasteiger partial charge < -0.3 is 9.47 Å². The number of fused-ring (bicyclic) bond motifs is 1. The summed E-state index contributed by atoms with van der Waals surface area (Å²) in [4.78, 5) is 26.7. The van der Waals surface area contributed by atoms with Crippen molar-refractivity contribution in [3.63, 3.8) is 0 Å². The van der Waals surface area contributed by atoms with Crippen LogP contribution in [0.15, 0.2) is 109 Å². The summed E-state index contributed by atoms with van der Waals surface area (Å²) in [5.74, 6) is -1.13. The Kier molecular flexibility index (Phi) is 7.88. The van der Waals surface area contributed by atoms with Crippen LogP contribution in [-0.2, 0) is 9.47 Å². The lowest BCUT2D eigenvalue weighted by Crippen LogP contribution is -2.47. The first-order valence-electron chi connectivity index (χ1n) is 13.6. The zero-order valence-electron chi connectivity index (χ0n) is 22.0. The molecule has 3 aromatic rings. The van der Waals surface area contributed by atoms with E-state index in [2.05, 4.69) is 37.3 Å². The molecule has 5 atom stereocenters. The molecule has 0 aliphatic heterocycles. The molecule has 0 fully saturated rings. The molecule has 0 saturated carbocycles. The Bertz CT molecular complexity index is 1320. The molecular formula is C34H34O4. The fourth-order valence-corrected chi connectivity index (χ4v) is 5.70. The second kappa shape index (κ2) is 11.6. The van der Waals surface area contributed by atoms with Crippen molar-refractivity contribution in [3.05, 3.63) is 131 Å². The number of hydrogen-bond acceptors (Lipinski definition) is 4. The molecule has 4 heteroatoms.